The summed E-state index contributed by atoms with van der Waals surface area (Å²) >= 11 is 0. The van der Waals surface area contributed by atoms with Crippen molar-refractivity contribution in [1.82, 2.24) is 4.90 Å². The molecule has 0 fully saturated rings. The van der Waals surface area contributed by atoms with E-state index in [9.17, 15) is 4.79 Å². The molecule has 2 atom stereocenters. The van der Waals surface area contributed by atoms with Gasteiger partial charge in [0.05, 0.1) is 7.11 Å². The predicted octanol–water partition coefficient (Wildman–Crippen LogP) is 4.21. The van der Waals surface area contributed by atoms with E-state index >= 15 is 0 Å². The Morgan fingerprint density at radius 1 is 0.917 bits per heavy atom. The summed E-state index contributed by atoms with van der Waals surface area (Å²) in [6, 6.07) is 23.4. The van der Waals surface area contributed by atoms with E-state index in [0.29, 0.717) is 13.0 Å². The Bertz CT molecular complexity index is 1080. The minimum absolute atomic E-state index is 0.251. The van der Waals surface area contributed by atoms with E-state index in [1.54, 1.807) is 7.11 Å². The zero-order valence-corrected chi connectivity index (χ0v) is 21.8. The molecular formula is C30H38N2O4. The lowest BCUT2D eigenvalue weighted by Gasteiger charge is -2.24. The van der Waals surface area contributed by atoms with Crippen LogP contribution in [0.15, 0.2) is 72.8 Å². The van der Waals surface area contributed by atoms with Gasteiger partial charge in [0.2, 0.25) is 0 Å². The predicted molar refractivity (Wildman–Crippen MR) is 144 cm³/mol. The number of hydrogen-bond acceptors (Lipinski definition) is 6. The van der Waals surface area contributed by atoms with Gasteiger partial charge in [-0.1, -0.05) is 60.2 Å². The Morgan fingerprint density at radius 3 is 2.25 bits per heavy atom. The van der Waals surface area contributed by atoms with E-state index in [1.165, 1.54) is 11.1 Å². The van der Waals surface area contributed by atoms with Crippen molar-refractivity contribution in [2.75, 3.05) is 34.4 Å². The lowest BCUT2D eigenvalue weighted by Crippen LogP contribution is -2.41. The monoisotopic (exact) mass is 490 g/mol. The number of rotatable bonds is 13. The number of methoxy groups -OCH3 is 1. The van der Waals surface area contributed by atoms with Gasteiger partial charge in [0.15, 0.2) is 0 Å². The minimum atomic E-state index is -0.728. The Morgan fingerprint density at radius 2 is 1.58 bits per heavy atom. The van der Waals surface area contributed by atoms with E-state index in [2.05, 4.69) is 18.2 Å². The van der Waals surface area contributed by atoms with Gasteiger partial charge >= 0.3 is 5.97 Å². The molecule has 0 aliphatic rings. The van der Waals surface area contributed by atoms with Crippen LogP contribution in [-0.2, 0) is 28.8 Å². The van der Waals surface area contributed by atoms with Crippen LogP contribution in [0.25, 0.3) is 0 Å². The summed E-state index contributed by atoms with van der Waals surface area (Å²) in [7, 11) is 5.55. The Labute approximate surface area is 215 Å². The maximum absolute atomic E-state index is 12.8. The lowest BCUT2D eigenvalue weighted by molar-refractivity contribution is -0.152. The fourth-order valence-corrected chi connectivity index (χ4v) is 3.95. The summed E-state index contributed by atoms with van der Waals surface area (Å²) in [5, 5.41) is 0. The molecule has 0 saturated heterocycles. The molecule has 3 aromatic rings. The van der Waals surface area contributed by atoms with E-state index in [4.69, 9.17) is 19.9 Å². The normalized spacial score (nSPS) is 12.7. The second kappa shape index (κ2) is 13.7. The first-order valence-electron chi connectivity index (χ1n) is 12.3. The summed E-state index contributed by atoms with van der Waals surface area (Å²) in [6.45, 7) is 2.82. The summed E-state index contributed by atoms with van der Waals surface area (Å²) < 4.78 is 17.2. The number of carbonyl (C=O) groups excluding carboxylic acids is 1. The molecule has 6 heteroatoms. The minimum Gasteiger partial charge on any atom is -0.497 e. The molecular weight excluding hydrogens is 452 g/mol. The molecule has 36 heavy (non-hydrogen) atoms. The molecule has 3 aromatic carbocycles. The van der Waals surface area contributed by atoms with Crippen molar-refractivity contribution < 1.29 is 19.0 Å². The molecule has 0 heterocycles. The van der Waals surface area contributed by atoms with Gasteiger partial charge in [-0.05, 0) is 75.2 Å². The number of ether oxygens (including phenoxy) is 3. The van der Waals surface area contributed by atoms with Crippen LogP contribution >= 0.6 is 0 Å². The molecule has 0 saturated carbocycles. The Kier molecular flexibility index (Phi) is 10.3. The number of nitrogens with zero attached hydrogens (tertiary/aromatic N) is 1. The first-order chi connectivity index (χ1) is 17.3. The van der Waals surface area contributed by atoms with Crippen molar-refractivity contribution in [3.63, 3.8) is 0 Å². The fraction of sp³-hybridized carbons (Fsp3) is 0.367. The number of benzene rings is 3. The maximum Gasteiger partial charge on any atom is 0.323 e. The standard InChI is InChI=1S/C30H38N2O4/c1-22-9-11-24(12-10-22)19-28(31)30(33)36-27(20-32(2)3)21-35-29-8-6-5-7-25(29)16-13-23-14-17-26(34-4)18-15-23/h5-12,14-15,17-18,27-28H,13,16,19-21,31H2,1-4H3/t27-,28-/m1/s1. The molecule has 0 aliphatic carbocycles. The molecule has 0 unspecified atom stereocenters. The molecule has 0 radical (unpaired) electrons. The van der Waals surface area contributed by atoms with Crippen LogP contribution in [0.3, 0.4) is 0 Å². The largest absolute Gasteiger partial charge is 0.497 e. The van der Waals surface area contributed by atoms with Crippen molar-refractivity contribution in [3.05, 3.63) is 95.1 Å². The lowest BCUT2D eigenvalue weighted by atomic mass is 10.0. The van der Waals surface area contributed by atoms with Crippen molar-refractivity contribution in [1.29, 1.82) is 0 Å². The maximum atomic E-state index is 12.8. The van der Waals surface area contributed by atoms with Gasteiger partial charge in [-0.3, -0.25) is 4.79 Å². The van der Waals surface area contributed by atoms with Gasteiger partial charge in [0.1, 0.15) is 30.3 Å². The van der Waals surface area contributed by atoms with Crippen molar-refractivity contribution in [3.8, 4) is 11.5 Å². The first-order valence-corrected chi connectivity index (χ1v) is 12.3. The zero-order valence-electron chi connectivity index (χ0n) is 21.8. The van der Waals surface area contributed by atoms with Crippen LogP contribution < -0.4 is 15.2 Å². The van der Waals surface area contributed by atoms with E-state index < -0.39 is 18.1 Å². The van der Waals surface area contributed by atoms with Crippen LogP contribution in [0.1, 0.15) is 22.3 Å². The molecule has 3 rings (SSSR count). The second-order valence-corrected chi connectivity index (χ2v) is 9.38. The van der Waals surface area contributed by atoms with E-state index in [0.717, 1.165) is 35.5 Å². The average Bonchev–Trinajstić information content (AvgIpc) is 2.87. The van der Waals surface area contributed by atoms with Gasteiger partial charge in [-0.25, -0.2) is 0 Å². The number of esters is 1. The van der Waals surface area contributed by atoms with Gasteiger partial charge in [-0.2, -0.15) is 0 Å². The molecule has 0 bridgehead atoms. The third-order valence-corrected chi connectivity index (χ3v) is 5.97. The number of para-hydroxylation sites is 1. The summed E-state index contributed by atoms with van der Waals surface area (Å²) in [6.07, 6.45) is 1.71. The van der Waals surface area contributed by atoms with Crippen molar-refractivity contribution in [2.24, 2.45) is 5.73 Å². The smallest absolute Gasteiger partial charge is 0.323 e. The van der Waals surface area contributed by atoms with E-state index in [1.807, 2.05) is 80.5 Å². The second-order valence-electron chi connectivity index (χ2n) is 9.38. The number of hydrogen-bond donors (Lipinski definition) is 1. The van der Waals surface area contributed by atoms with Crippen molar-refractivity contribution in [2.45, 2.75) is 38.3 Å². The van der Waals surface area contributed by atoms with Gasteiger partial charge in [-0.15, -0.1) is 0 Å². The Balaban J connectivity index is 1.58. The molecule has 0 amide bonds. The van der Waals surface area contributed by atoms with Crippen LogP contribution in [0, 0.1) is 6.92 Å². The fourth-order valence-electron chi connectivity index (χ4n) is 3.95. The SMILES string of the molecule is COc1ccc(CCc2ccccc2OC[C@@H](CN(C)C)OC(=O)[C@H](N)Cc2ccc(C)cc2)cc1. The topological polar surface area (TPSA) is 74.0 Å². The third-order valence-electron chi connectivity index (χ3n) is 5.97. The Hall–Kier alpha value is -3.35. The number of carbonyl (C=O) groups is 1. The van der Waals surface area contributed by atoms with Crippen LogP contribution in [-0.4, -0.2) is 57.4 Å². The number of aryl methyl sites for hydroxylation is 3. The highest BCUT2D eigenvalue weighted by atomic mass is 16.6. The van der Waals surface area contributed by atoms with Gasteiger partial charge < -0.3 is 24.8 Å². The third kappa shape index (κ3) is 8.70. The average molecular weight is 491 g/mol. The quantitative estimate of drug-likeness (QED) is 0.362. The molecule has 0 aliphatic heterocycles. The summed E-state index contributed by atoms with van der Waals surface area (Å²) in [5.41, 5.74) is 10.7. The first kappa shape index (κ1) is 27.2. The van der Waals surface area contributed by atoms with Gasteiger partial charge in [0.25, 0.3) is 0 Å². The highest BCUT2D eigenvalue weighted by molar-refractivity contribution is 5.76. The molecule has 0 spiro atoms. The zero-order chi connectivity index (χ0) is 25.9. The van der Waals surface area contributed by atoms with Crippen molar-refractivity contribution >= 4 is 5.97 Å². The van der Waals surface area contributed by atoms with E-state index in [-0.39, 0.29) is 6.61 Å². The van der Waals surface area contributed by atoms with Crippen LogP contribution in [0.5, 0.6) is 11.5 Å². The highest BCUT2D eigenvalue weighted by Crippen LogP contribution is 2.21. The van der Waals surface area contributed by atoms with Crippen LogP contribution in [0.4, 0.5) is 0 Å². The molecule has 192 valence electrons. The molecule has 0 aromatic heterocycles. The van der Waals surface area contributed by atoms with Crippen LogP contribution in [0.2, 0.25) is 0 Å². The van der Waals surface area contributed by atoms with Gasteiger partial charge in [0, 0.05) is 6.54 Å². The number of nitrogens with two attached hydrogens (primary N) is 1. The summed E-state index contributed by atoms with van der Waals surface area (Å²) in [5.74, 6) is 1.23. The molecule has 2 N–H and O–H groups in total. The molecule has 6 nitrogen and oxygen atoms in total. The number of likely N-dealkylation sites (N-methyl/N-ethyl adjacent to an activating group) is 1. The highest BCUT2D eigenvalue weighted by Gasteiger charge is 2.22. The summed E-state index contributed by atoms with van der Waals surface area (Å²) in [4.78, 5) is 14.7.